The molecule has 11 heavy (non-hydrogen) atoms. The van der Waals surface area contributed by atoms with Crippen molar-refractivity contribution in [1.82, 2.24) is 0 Å². The first-order valence-corrected chi connectivity index (χ1v) is 4.92. The van der Waals surface area contributed by atoms with Crippen LogP contribution < -0.4 is 0 Å². The lowest BCUT2D eigenvalue weighted by molar-refractivity contribution is -0.285. The predicted octanol–water partition coefficient (Wildman–Crippen LogP) is -1.86. The van der Waals surface area contributed by atoms with Crippen LogP contribution in [0.4, 0.5) is 0 Å². The summed E-state index contributed by atoms with van der Waals surface area (Å²) in [6.45, 7) is 0.796. The van der Waals surface area contributed by atoms with Gasteiger partial charge >= 0.3 is 9.05 Å². The number of rotatable bonds is 4. The predicted molar refractivity (Wildman–Crippen MR) is 33.8 cm³/mol. The fourth-order valence-corrected chi connectivity index (χ4v) is 0.831. The summed E-state index contributed by atoms with van der Waals surface area (Å²) < 4.78 is 8.77. The van der Waals surface area contributed by atoms with Crippen LogP contribution in [0.2, 0.25) is 0 Å². The molecule has 1 aliphatic rings. The van der Waals surface area contributed by atoms with E-state index in [-0.39, 0.29) is 12.7 Å². The van der Waals surface area contributed by atoms with E-state index in [4.69, 9.17) is 19.1 Å². The van der Waals surface area contributed by atoms with Crippen molar-refractivity contribution in [2.24, 2.45) is 0 Å². The van der Waals surface area contributed by atoms with Crippen LogP contribution in [-0.4, -0.2) is 42.8 Å². The topological polar surface area (TPSA) is 88.4 Å². The van der Waals surface area contributed by atoms with Crippen LogP contribution in [0.25, 0.3) is 0 Å². The van der Waals surface area contributed by atoms with Crippen LogP contribution in [-0.2, 0) is 14.2 Å². The average molecular weight is 182 g/mol. The zero-order valence-corrected chi connectivity index (χ0v) is 6.77. The molecule has 6 nitrogen and oxygen atoms in total. The Kier molecular flexibility index (Phi) is 2.95. The molecule has 1 heterocycles. The Morgan fingerprint density at radius 3 is 2.45 bits per heavy atom. The first-order chi connectivity index (χ1) is 5.08. The van der Waals surface area contributed by atoms with E-state index in [0.29, 0.717) is 6.61 Å². The van der Waals surface area contributed by atoms with Gasteiger partial charge in [-0.1, -0.05) is 0 Å². The number of hydrogen-bond donors (Lipinski definition) is 3. The zero-order valence-electron chi connectivity index (χ0n) is 5.77. The lowest BCUT2D eigenvalue weighted by Gasteiger charge is -2.25. The summed E-state index contributed by atoms with van der Waals surface area (Å²) in [5.74, 6) is 0. The highest BCUT2D eigenvalue weighted by atomic mass is 28.4. The number of hydrogen-bond acceptors (Lipinski definition) is 6. The first-order valence-electron chi connectivity index (χ1n) is 3.17. The molecule has 0 saturated carbocycles. The van der Waals surface area contributed by atoms with Gasteiger partial charge in [-0.3, -0.25) is 0 Å². The van der Waals surface area contributed by atoms with Crippen molar-refractivity contribution in [2.75, 3.05) is 13.2 Å². The van der Waals surface area contributed by atoms with Crippen molar-refractivity contribution in [3.63, 3.8) is 0 Å². The third-order valence-corrected chi connectivity index (χ3v) is 1.56. The minimum Gasteiger partial charge on any atom is -0.376 e. The van der Waals surface area contributed by atoms with Crippen molar-refractivity contribution in [2.45, 2.75) is 12.5 Å². The van der Waals surface area contributed by atoms with E-state index in [1.807, 2.05) is 0 Å². The molecule has 0 aliphatic carbocycles. The maximum absolute atomic E-state index is 8.28. The Labute approximate surface area is 64.4 Å². The Hall–Kier alpha value is -0.0231. The molecule has 0 aromatic rings. The van der Waals surface area contributed by atoms with Gasteiger partial charge in [0.2, 0.25) is 0 Å². The molecule has 3 N–H and O–H groups in total. The Morgan fingerprint density at radius 2 is 2.09 bits per heavy atom. The van der Waals surface area contributed by atoms with Gasteiger partial charge in [0.1, 0.15) is 6.61 Å². The molecule has 0 radical (unpaired) electrons. The van der Waals surface area contributed by atoms with Crippen molar-refractivity contribution in [3.05, 3.63) is 0 Å². The highest BCUT2D eigenvalue weighted by molar-refractivity contribution is 6.48. The van der Waals surface area contributed by atoms with Gasteiger partial charge in [0.15, 0.2) is 0 Å². The van der Waals surface area contributed by atoms with E-state index in [2.05, 4.69) is 9.46 Å². The fraction of sp³-hybridized carbons (Fsp3) is 1.00. The average Bonchev–Trinajstić information content (AvgIpc) is 1.73. The SMILES string of the molecule is O[Si](O)(O)OOCC1CCO1. The smallest absolute Gasteiger partial charge is 0.376 e. The standard InChI is InChI=1S/C4H10O6Si/c5-11(6,7)10-9-3-4-1-2-8-4/h4-7H,1-3H2. The maximum Gasteiger partial charge on any atom is 0.699 e. The second-order valence-corrected chi connectivity index (χ2v) is 3.54. The van der Waals surface area contributed by atoms with E-state index in [9.17, 15) is 0 Å². The van der Waals surface area contributed by atoms with Gasteiger partial charge < -0.3 is 19.1 Å². The second-order valence-electron chi connectivity index (χ2n) is 2.22. The molecule has 66 valence electrons. The van der Waals surface area contributed by atoms with Crippen LogP contribution in [0.1, 0.15) is 6.42 Å². The van der Waals surface area contributed by atoms with Gasteiger partial charge in [0.05, 0.1) is 6.10 Å². The van der Waals surface area contributed by atoms with Crippen LogP contribution in [0, 0.1) is 0 Å². The molecule has 0 aromatic heterocycles. The summed E-state index contributed by atoms with van der Waals surface area (Å²) in [6, 6.07) is 0. The minimum absolute atomic E-state index is 0.0497. The lowest BCUT2D eigenvalue weighted by Crippen LogP contribution is -2.41. The van der Waals surface area contributed by atoms with Crippen LogP contribution in [0.15, 0.2) is 0 Å². The van der Waals surface area contributed by atoms with Gasteiger partial charge in [-0.2, -0.15) is 4.58 Å². The van der Waals surface area contributed by atoms with Crippen LogP contribution in [0.5, 0.6) is 0 Å². The Balaban J connectivity index is 1.95. The number of ether oxygens (including phenoxy) is 1. The summed E-state index contributed by atoms with van der Waals surface area (Å²) >= 11 is 0. The highest BCUT2D eigenvalue weighted by Gasteiger charge is 2.33. The van der Waals surface area contributed by atoms with Gasteiger partial charge in [-0.25, -0.2) is 4.89 Å². The molecule has 1 unspecified atom stereocenters. The first kappa shape index (κ1) is 9.07. The molecule has 1 fully saturated rings. The largest absolute Gasteiger partial charge is 0.699 e. The molecular weight excluding hydrogens is 172 g/mol. The van der Waals surface area contributed by atoms with E-state index in [0.717, 1.165) is 6.42 Å². The lowest BCUT2D eigenvalue weighted by atomic mass is 10.2. The minimum atomic E-state index is -4.49. The van der Waals surface area contributed by atoms with Crippen molar-refractivity contribution in [3.8, 4) is 0 Å². The molecular formula is C4H10O6Si. The molecule has 1 atom stereocenters. The summed E-state index contributed by atoms with van der Waals surface area (Å²) in [5, 5.41) is 0. The van der Waals surface area contributed by atoms with E-state index >= 15 is 0 Å². The van der Waals surface area contributed by atoms with Gasteiger partial charge in [-0.05, 0) is 6.42 Å². The fourth-order valence-electron chi connectivity index (χ4n) is 0.605. The zero-order chi connectivity index (χ0) is 8.32. The summed E-state index contributed by atoms with van der Waals surface area (Å²) in [4.78, 5) is 29.1. The molecule has 0 amide bonds. The highest BCUT2D eigenvalue weighted by Crippen LogP contribution is 2.10. The van der Waals surface area contributed by atoms with Crippen molar-refractivity contribution < 1.29 is 28.6 Å². The van der Waals surface area contributed by atoms with E-state index in [1.54, 1.807) is 0 Å². The van der Waals surface area contributed by atoms with Crippen molar-refractivity contribution in [1.29, 1.82) is 0 Å². The van der Waals surface area contributed by atoms with Crippen LogP contribution >= 0.6 is 0 Å². The summed E-state index contributed by atoms with van der Waals surface area (Å²) in [6.07, 6.45) is 0.812. The van der Waals surface area contributed by atoms with Gasteiger partial charge in [0, 0.05) is 6.61 Å². The summed E-state index contributed by atoms with van der Waals surface area (Å²) in [7, 11) is -4.49. The maximum atomic E-state index is 8.28. The Bertz CT molecular complexity index is 118. The molecule has 1 aliphatic heterocycles. The van der Waals surface area contributed by atoms with Gasteiger partial charge in [0.25, 0.3) is 0 Å². The third-order valence-electron chi connectivity index (χ3n) is 1.22. The van der Waals surface area contributed by atoms with E-state index in [1.165, 1.54) is 0 Å². The molecule has 1 rings (SSSR count). The molecule has 0 spiro atoms. The van der Waals surface area contributed by atoms with E-state index < -0.39 is 9.05 Å². The monoisotopic (exact) mass is 182 g/mol. The van der Waals surface area contributed by atoms with Gasteiger partial charge in [-0.15, -0.1) is 0 Å². The normalized spacial score (nSPS) is 24.8. The quantitative estimate of drug-likeness (QED) is 0.268. The molecule has 0 aromatic carbocycles. The molecule has 7 heteroatoms. The molecule has 1 saturated heterocycles. The third kappa shape index (κ3) is 3.77. The summed E-state index contributed by atoms with van der Waals surface area (Å²) in [5.41, 5.74) is 0. The van der Waals surface area contributed by atoms with Crippen molar-refractivity contribution >= 4 is 9.05 Å². The Morgan fingerprint density at radius 1 is 1.45 bits per heavy atom. The van der Waals surface area contributed by atoms with Crippen LogP contribution in [0.3, 0.4) is 0 Å². The second kappa shape index (κ2) is 3.58. The molecule has 0 bridgehead atoms.